The van der Waals surface area contributed by atoms with E-state index in [4.69, 9.17) is 0 Å². The Morgan fingerprint density at radius 3 is 2.48 bits per heavy atom. The summed E-state index contributed by atoms with van der Waals surface area (Å²) in [5.41, 5.74) is 3.19. The molecule has 1 aromatic heterocycles. The minimum atomic E-state index is -0.151. The lowest BCUT2D eigenvalue weighted by Crippen LogP contribution is -2.41. The molecule has 0 bridgehead atoms. The minimum absolute atomic E-state index is 0. The Balaban J connectivity index is 0.00000300. The lowest BCUT2D eigenvalue weighted by atomic mass is 10.1. The molecular weight excluding hydrogens is 479 g/mol. The number of guanidine groups is 1. The van der Waals surface area contributed by atoms with Crippen LogP contribution in [0.25, 0.3) is 0 Å². The molecule has 1 aromatic carbocycles. The van der Waals surface area contributed by atoms with Crippen LogP contribution in [-0.2, 0) is 17.9 Å². The number of rotatable bonds is 7. The molecule has 2 heterocycles. The van der Waals surface area contributed by atoms with Crippen LogP contribution in [0.3, 0.4) is 0 Å². The summed E-state index contributed by atoms with van der Waals surface area (Å²) >= 11 is 0. The summed E-state index contributed by atoms with van der Waals surface area (Å²) in [4.78, 5) is 22.6. The standard InChI is InChI=1S/C21H28N6O.HI/c1-22-21(25-15-20(28)26-19-5-4-10-23-14-19)24-13-17-6-8-18(9-7-17)16-27-11-2-3-12-27;/h4-10,14H,2-3,11-13,15-16H2,1H3,(H,26,28)(H2,22,24,25);1H. The topological polar surface area (TPSA) is 81.6 Å². The molecule has 1 fully saturated rings. The van der Waals surface area contributed by atoms with Crippen LogP contribution in [0.4, 0.5) is 5.69 Å². The van der Waals surface area contributed by atoms with Crippen LogP contribution < -0.4 is 16.0 Å². The first-order valence-electron chi connectivity index (χ1n) is 9.67. The van der Waals surface area contributed by atoms with Gasteiger partial charge in [-0.1, -0.05) is 24.3 Å². The molecule has 7 nitrogen and oxygen atoms in total. The minimum Gasteiger partial charge on any atom is -0.352 e. The first kappa shape index (κ1) is 23.1. The van der Waals surface area contributed by atoms with Crippen LogP contribution in [0, 0.1) is 0 Å². The van der Waals surface area contributed by atoms with Gasteiger partial charge in [-0.2, -0.15) is 0 Å². The van der Waals surface area contributed by atoms with Crippen molar-refractivity contribution >= 4 is 41.5 Å². The van der Waals surface area contributed by atoms with Gasteiger partial charge in [-0.3, -0.25) is 19.7 Å². The zero-order valence-electron chi connectivity index (χ0n) is 16.7. The number of likely N-dealkylation sites (tertiary alicyclic amines) is 1. The molecule has 3 N–H and O–H groups in total. The van der Waals surface area contributed by atoms with Crippen molar-refractivity contribution in [2.24, 2.45) is 4.99 Å². The van der Waals surface area contributed by atoms with E-state index in [1.54, 1.807) is 31.6 Å². The van der Waals surface area contributed by atoms with Crippen molar-refractivity contribution in [3.8, 4) is 0 Å². The van der Waals surface area contributed by atoms with E-state index in [2.05, 4.69) is 55.1 Å². The van der Waals surface area contributed by atoms with E-state index in [-0.39, 0.29) is 36.4 Å². The number of aliphatic imine (C=N–C) groups is 1. The van der Waals surface area contributed by atoms with Gasteiger partial charge in [0.25, 0.3) is 0 Å². The maximum absolute atomic E-state index is 12.0. The van der Waals surface area contributed by atoms with Gasteiger partial charge in [0, 0.05) is 26.3 Å². The molecule has 0 unspecified atom stereocenters. The molecule has 1 aliphatic rings. The van der Waals surface area contributed by atoms with Crippen molar-refractivity contribution in [1.29, 1.82) is 0 Å². The molecule has 0 saturated carbocycles. The largest absolute Gasteiger partial charge is 0.352 e. The third-order valence-electron chi connectivity index (χ3n) is 4.67. The highest BCUT2D eigenvalue weighted by molar-refractivity contribution is 14.0. The third-order valence-corrected chi connectivity index (χ3v) is 4.67. The molecule has 1 aliphatic heterocycles. The van der Waals surface area contributed by atoms with Crippen molar-refractivity contribution in [1.82, 2.24) is 20.5 Å². The number of benzene rings is 1. The maximum Gasteiger partial charge on any atom is 0.243 e. The summed E-state index contributed by atoms with van der Waals surface area (Å²) in [6, 6.07) is 12.2. The SMILES string of the molecule is CN=C(NCC(=O)Nc1cccnc1)NCc1ccc(CN2CCCC2)cc1.I. The van der Waals surface area contributed by atoms with Crippen LogP contribution in [0.5, 0.6) is 0 Å². The summed E-state index contributed by atoms with van der Waals surface area (Å²) in [6.07, 6.45) is 5.90. The monoisotopic (exact) mass is 508 g/mol. The van der Waals surface area contributed by atoms with Gasteiger partial charge in [0.2, 0.25) is 5.91 Å². The van der Waals surface area contributed by atoms with E-state index < -0.39 is 0 Å². The number of carbonyl (C=O) groups is 1. The zero-order chi connectivity index (χ0) is 19.6. The number of amides is 1. The van der Waals surface area contributed by atoms with E-state index in [1.807, 2.05) is 0 Å². The van der Waals surface area contributed by atoms with Crippen LogP contribution in [0.1, 0.15) is 24.0 Å². The lowest BCUT2D eigenvalue weighted by Gasteiger charge is -2.15. The van der Waals surface area contributed by atoms with Gasteiger partial charge in [-0.25, -0.2) is 0 Å². The second kappa shape index (κ2) is 12.4. The number of nitrogens with zero attached hydrogens (tertiary/aromatic N) is 3. The summed E-state index contributed by atoms with van der Waals surface area (Å²) < 4.78 is 0. The van der Waals surface area contributed by atoms with Crippen LogP contribution >= 0.6 is 24.0 Å². The number of aromatic nitrogens is 1. The highest BCUT2D eigenvalue weighted by atomic mass is 127. The second-order valence-corrected chi connectivity index (χ2v) is 6.87. The van der Waals surface area contributed by atoms with Crippen molar-refractivity contribution in [2.45, 2.75) is 25.9 Å². The Morgan fingerprint density at radius 1 is 1.10 bits per heavy atom. The molecule has 0 spiro atoms. The molecular formula is C21H29IN6O. The van der Waals surface area contributed by atoms with Gasteiger partial charge >= 0.3 is 0 Å². The Kier molecular flexibility index (Phi) is 9.85. The van der Waals surface area contributed by atoms with Gasteiger partial charge in [0.15, 0.2) is 5.96 Å². The summed E-state index contributed by atoms with van der Waals surface area (Å²) in [5, 5.41) is 9.03. The molecule has 0 atom stereocenters. The molecule has 0 aliphatic carbocycles. The van der Waals surface area contributed by atoms with Crippen molar-refractivity contribution in [3.05, 3.63) is 59.9 Å². The van der Waals surface area contributed by atoms with Crippen LogP contribution in [0.15, 0.2) is 53.8 Å². The fourth-order valence-corrected chi connectivity index (χ4v) is 3.17. The van der Waals surface area contributed by atoms with Gasteiger partial charge < -0.3 is 16.0 Å². The van der Waals surface area contributed by atoms with E-state index >= 15 is 0 Å². The molecule has 29 heavy (non-hydrogen) atoms. The summed E-state index contributed by atoms with van der Waals surface area (Å²) in [6.45, 7) is 4.22. The lowest BCUT2D eigenvalue weighted by molar-refractivity contribution is -0.115. The Morgan fingerprint density at radius 2 is 1.83 bits per heavy atom. The Hall–Kier alpha value is -2.20. The number of nitrogens with one attached hydrogen (secondary N) is 3. The Labute approximate surface area is 189 Å². The molecule has 1 saturated heterocycles. The highest BCUT2D eigenvalue weighted by Crippen LogP contribution is 2.13. The zero-order valence-corrected chi connectivity index (χ0v) is 19.1. The second-order valence-electron chi connectivity index (χ2n) is 6.87. The molecule has 0 radical (unpaired) electrons. The smallest absolute Gasteiger partial charge is 0.243 e. The maximum atomic E-state index is 12.0. The molecule has 2 aromatic rings. The first-order valence-corrected chi connectivity index (χ1v) is 9.67. The molecule has 1 amide bonds. The van der Waals surface area contributed by atoms with Crippen molar-refractivity contribution in [2.75, 3.05) is 32.0 Å². The van der Waals surface area contributed by atoms with Crippen LogP contribution in [0.2, 0.25) is 0 Å². The average Bonchev–Trinajstić information content (AvgIpc) is 3.23. The van der Waals surface area contributed by atoms with Gasteiger partial charge in [-0.15, -0.1) is 24.0 Å². The van der Waals surface area contributed by atoms with E-state index in [9.17, 15) is 4.79 Å². The van der Waals surface area contributed by atoms with Crippen LogP contribution in [-0.4, -0.2) is 48.4 Å². The van der Waals surface area contributed by atoms with Crippen molar-refractivity contribution < 1.29 is 4.79 Å². The Bertz CT molecular complexity index is 776. The number of pyridine rings is 1. The molecule has 3 rings (SSSR count). The summed E-state index contributed by atoms with van der Waals surface area (Å²) in [7, 11) is 1.69. The predicted octanol–water partition coefficient (Wildman–Crippen LogP) is 2.60. The molecule has 8 heteroatoms. The van der Waals surface area contributed by atoms with Gasteiger partial charge in [0.1, 0.15) is 0 Å². The van der Waals surface area contributed by atoms with Gasteiger partial charge in [-0.05, 0) is 49.2 Å². The number of hydrogen-bond donors (Lipinski definition) is 3. The van der Waals surface area contributed by atoms with E-state index in [0.717, 1.165) is 6.54 Å². The average molecular weight is 508 g/mol. The predicted molar refractivity (Wildman–Crippen MR) is 127 cm³/mol. The fraction of sp³-hybridized carbons (Fsp3) is 0.381. The number of carbonyl (C=O) groups excluding carboxylic acids is 1. The summed E-state index contributed by atoms with van der Waals surface area (Å²) in [5.74, 6) is 0.435. The number of anilines is 1. The molecule has 156 valence electrons. The quantitative estimate of drug-likeness (QED) is 0.305. The van der Waals surface area contributed by atoms with E-state index in [1.165, 1.54) is 37.1 Å². The van der Waals surface area contributed by atoms with E-state index in [0.29, 0.717) is 18.2 Å². The normalized spacial score (nSPS) is 14.2. The van der Waals surface area contributed by atoms with Gasteiger partial charge in [0.05, 0.1) is 18.4 Å². The first-order chi connectivity index (χ1) is 13.7. The third kappa shape index (κ3) is 7.98. The number of halogens is 1. The fourth-order valence-electron chi connectivity index (χ4n) is 3.17. The van der Waals surface area contributed by atoms with Crippen molar-refractivity contribution in [3.63, 3.8) is 0 Å². The highest BCUT2D eigenvalue weighted by Gasteiger charge is 2.11. The number of hydrogen-bond acceptors (Lipinski definition) is 4.